The molecule has 5 heteroatoms. The second-order valence-corrected chi connectivity index (χ2v) is 6.96. The molecule has 26 heavy (non-hydrogen) atoms. The summed E-state index contributed by atoms with van der Waals surface area (Å²) in [6, 6.07) is 12.2. The second kappa shape index (κ2) is 6.90. The molecule has 4 rings (SSSR count). The van der Waals surface area contributed by atoms with E-state index in [4.69, 9.17) is 4.98 Å². The lowest BCUT2D eigenvalue weighted by atomic mass is 10.0. The molecule has 0 saturated carbocycles. The number of aromatic nitrogens is 3. The fourth-order valence-corrected chi connectivity index (χ4v) is 3.77. The molecular formula is C21H24N4O. The van der Waals surface area contributed by atoms with E-state index in [-0.39, 0.29) is 11.9 Å². The van der Waals surface area contributed by atoms with Crippen molar-refractivity contribution in [2.75, 3.05) is 6.54 Å². The number of carbonyl (C=O) groups excluding carboxylic acids is 1. The van der Waals surface area contributed by atoms with Crippen molar-refractivity contribution in [1.82, 2.24) is 19.7 Å². The minimum atomic E-state index is 0.0948. The molecule has 0 bridgehead atoms. The first-order chi connectivity index (χ1) is 12.7. The number of pyridine rings is 1. The number of amides is 1. The van der Waals surface area contributed by atoms with Crippen molar-refractivity contribution in [3.8, 4) is 11.3 Å². The summed E-state index contributed by atoms with van der Waals surface area (Å²) in [4.78, 5) is 20.2. The highest BCUT2D eigenvalue weighted by molar-refractivity contribution is 6.06. The van der Waals surface area contributed by atoms with E-state index in [1.807, 2.05) is 52.9 Å². The van der Waals surface area contributed by atoms with Crippen LogP contribution in [0.1, 0.15) is 43.5 Å². The molecule has 2 aromatic heterocycles. The van der Waals surface area contributed by atoms with Crippen molar-refractivity contribution in [3.05, 3.63) is 48.2 Å². The Morgan fingerprint density at radius 3 is 2.77 bits per heavy atom. The van der Waals surface area contributed by atoms with Crippen molar-refractivity contribution in [1.29, 1.82) is 0 Å². The molecule has 3 heterocycles. The van der Waals surface area contributed by atoms with Crippen molar-refractivity contribution >= 4 is 16.9 Å². The van der Waals surface area contributed by atoms with E-state index >= 15 is 0 Å². The second-order valence-electron chi connectivity index (χ2n) is 6.96. The number of fused-ring (bicyclic) bond motifs is 1. The van der Waals surface area contributed by atoms with Gasteiger partial charge in [-0.1, -0.05) is 30.3 Å². The molecule has 1 aromatic carbocycles. The molecule has 134 valence electrons. The Bertz CT molecular complexity index is 932. The summed E-state index contributed by atoms with van der Waals surface area (Å²) in [7, 11) is 0. The summed E-state index contributed by atoms with van der Waals surface area (Å²) in [6.45, 7) is 5.73. The Morgan fingerprint density at radius 2 is 2.04 bits per heavy atom. The van der Waals surface area contributed by atoms with E-state index in [9.17, 15) is 4.79 Å². The summed E-state index contributed by atoms with van der Waals surface area (Å²) in [5.41, 5.74) is 3.32. The SMILES string of the molecule is CCn1ncc2c(C(=O)N3CCCCC3C)cc(-c3ccccc3)nc21. The van der Waals surface area contributed by atoms with Gasteiger partial charge in [0.1, 0.15) is 0 Å². The molecule has 1 saturated heterocycles. The van der Waals surface area contributed by atoms with Crippen LogP contribution in [0, 0.1) is 0 Å². The third-order valence-corrected chi connectivity index (χ3v) is 5.27. The van der Waals surface area contributed by atoms with E-state index in [2.05, 4.69) is 12.0 Å². The highest BCUT2D eigenvalue weighted by atomic mass is 16.2. The van der Waals surface area contributed by atoms with Crippen LogP contribution >= 0.6 is 0 Å². The van der Waals surface area contributed by atoms with Gasteiger partial charge in [-0.2, -0.15) is 5.10 Å². The van der Waals surface area contributed by atoms with E-state index in [1.54, 1.807) is 6.20 Å². The molecular weight excluding hydrogens is 324 g/mol. The normalized spacial score (nSPS) is 17.6. The standard InChI is InChI=1S/C21H24N4O/c1-3-25-20-18(14-22-25)17(21(26)24-12-8-7-9-15(24)2)13-19(23-20)16-10-5-4-6-11-16/h4-6,10-11,13-15H,3,7-9,12H2,1-2H3. The van der Waals surface area contributed by atoms with Gasteiger partial charge in [0.25, 0.3) is 5.91 Å². The summed E-state index contributed by atoms with van der Waals surface area (Å²) in [5.74, 6) is 0.0948. The number of piperidine rings is 1. The van der Waals surface area contributed by atoms with Gasteiger partial charge in [-0.05, 0) is 39.2 Å². The average molecular weight is 348 g/mol. The van der Waals surface area contributed by atoms with Gasteiger partial charge in [0.2, 0.25) is 0 Å². The molecule has 0 N–H and O–H groups in total. The Morgan fingerprint density at radius 1 is 1.23 bits per heavy atom. The molecule has 1 fully saturated rings. The van der Waals surface area contributed by atoms with Gasteiger partial charge in [0.05, 0.1) is 22.8 Å². The number of hydrogen-bond donors (Lipinski definition) is 0. The molecule has 0 aliphatic carbocycles. The molecule has 1 aliphatic heterocycles. The lowest BCUT2D eigenvalue weighted by molar-refractivity contribution is 0.0637. The van der Waals surface area contributed by atoms with E-state index < -0.39 is 0 Å². The first kappa shape index (κ1) is 16.8. The smallest absolute Gasteiger partial charge is 0.254 e. The van der Waals surface area contributed by atoms with Gasteiger partial charge < -0.3 is 4.90 Å². The zero-order chi connectivity index (χ0) is 18.1. The molecule has 0 spiro atoms. The first-order valence-electron chi connectivity index (χ1n) is 9.42. The summed E-state index contributed by atoms with van der Waals surface area (Å²) in [6.07, 6.45) is 5.12. The maximum Gasteiger partial charge on any atom is 0.254 e. The van der Waals surface area contributed by atoms with Gasteiger partial charge in [-0.15, -0.1) is 0 Å². The zero-order valence-corrected chi connectivity index (χ0v) is 15.4. The lowest BCUT2D eigenvalue weighted by Crippen LogP contribution is -2.42. The molecule has 1 aliphatic rings. The lowest BCUT2D eigenvalue weighted by Gasteiger charge is -2.33. The third-order valence-electron chi connectivity index (χ3n) is 5.27. The molecule has 0 radical (unpaired) electrons. The number of benzene rings is 1. The van der Waals surface area contributed by atoms with Crippen LogP contribution in [0.2, 0.25) is 0 Å². The van der Waals surface area contributed by atoms with Gasteiger partial charge in [0.15, 0.2) is 5.65 Å². The third kappa shape index (κ3) is 2.87. The Hall–Kier alpha value is -2.69. The maximum absolute atomic E-state index is 13.4. The molecule has 1 amide bonds. The Labute approximate surface area is 153 Å². The topological polar surface area (TPSA) is 51.0 Å². The summed E-state index contributed by atoms with van der Waals surface area (Å²) >= 11 is 0. The molecule has 1 atom stereocenters. The van der Waals surface area contributed by atoms with E-state index in [1.165, 1.54) is 6.42 Å². The number of aryl methyl sites for hydroxylation is 1. The van der Waals surface area contributed by atoms with Crippen molar-refractivity contribution in [3.63, 3.8) is 0 Å². The Balaban J connectivity index is 1.87. The van der Waals surface area contributed by atoms with Gasteiger partial charge in [-0.3, -0.25) is 4.79 Å². The maximum atomic E-state index is 13.4. The quantitative estimate of drug-likeness (QED) is 0.715. The highest BCUT2D eigenvalue weighted by Gasteiger charge is 2.27. The fourth-order valence-electron chi connectivity index (χ4n) is 3.77. The molecule has 5 nitrogen and oxygen atoms in total. The van der Waals surface area contributed by atoms with Gasteiger partial charge >= 0.3 is 0 Å². The van der Waals surface area contributed by atoms with Crippen LogP contribution in [-0.2, 0) is 6.54 Å². The average Bonchev–Trinajstić information content (AvgIpc) is 3.11. The minimum absolute atomic E-state index is 0.0948. The largest absolute Gasteiger partial charge is 0.336 e. The van der Waals surface area contributed by atoms with Crippen molar-refractivity contribution < 1.29 is 4.79 Å². The van der Waals surface area contributed by atoms with E-state index in [0.717, 1.165) is 48.2 Å². The zero-order valence-electron chi connectivity index (χ0n) is 15.4. The highest BCUT2D eigenvalue weighted by Crippen LogP contribution is 2.28. The Kier molecular flexibility index (Phi) is 4.45. The first-order valence-corrected chi connectivity index (χ1v) is 9.42. The van der Waals surface area contributed by atoms with Crippen molar-refractivity contribution in [2.45, 2.75) is 45.7 Å². The fraction of sp³-hybridized carbons (Fsp3) is 0.381. The van der Waals surface area contributed by atoms with Crippen LogP contribution in [0.5, 0.6) is 0 Å². The molecule has 1 unspecified atom stereocenters. The monoisotopic (exact) mass is 348 g/mol. The number of nitrogens with zero attached hydrogens (tertiary/aromatic N) is 4. The van der Waals surface area contributed by atoms with Crippen LogP contribution in [0.25, 0.3) is 22.3 Å². The van der Waals surface area contributed by atoms with Crippen molar-refractivity contribution in [2.24, 2.45) is 0 Å². The molecule has 3 aromatic rings. The summed E-state index contributed by atoms with van der Waals surface area (Å²) < 4.78 is 1.86. The van der Waals surface area contributed by atoms with Crippen LogP contribution in [-0.4, -0.2) is 38.2 Å². The predicted molar refractivity (Wildman–Crippen MR) is 103 cm³/mol. The van der Waals surface area contributed by atoms with Crippen LogP contribution in [0.3, 0.4) is 0 Å². The summed E-state index contributed by atoms with van der Waals surface area (Å²) in [5, 5.41) is 5.28. The number of hydrogen-bond acceptors (Lipinski definition) is 3. The predicted octanol–water partition coefficient (Wildman–Crippen LogP) is 4.13. The van der Waals surface area contributed by atoms with E-state index in [0.29, 0.717) is 5.56 Å². The van der Waals surface area contributed by atoms with Crippen LogP contribution in [0.15, 0.2) is 42.6 Å². The number of rotatable bonds is 3. The van der Waals surface area contributed by atoms with Gasteiger partial charge in [0, 0.05) is 24.7 Å². The van der Waals surface area contributed by atoms with Gasteiger partial charge in [-0.25, -0.2) is 9.67 Å². The van der Waals surface area contributed by atoms with Crippen LogP contribution in [0.4, 0.5) is 0 Å². The minimum Gasteiger partial charge on any atom is -0.336 e. The number of likely N-dealkylation sites (tertiary alicyclic amines) is 1. The number of carbonyl (C=O) groups is 1. The van der Waals surface area contributed by atoms with Crippen LogP contribution < -0.4 is 0 Å².